The Kier molecular flexibility index (Phi) is 3.43. The minimum Gasteiger partial charge on any atom is -0.423 e. The van der Waals surface area contributed by atoms with Gasteiger partial charge in [-0.15, -0.1) is 10.2 Å². The van der Waals surface area contributed by atoms with Crippen molar-refractivity contribution in [3.63, 3.8) is 0 Å². The van der Waals surface area contributed by atoms with Gasteiger partial charge in [0.15, 0.2) is 0 Å². The van der Waals surface area contributed by atoms with Crippen molar-refractivity contribution >= 4 is 5.69 Å². The summed E-state index contributed by atoms with van der Waals surface area (Å²) < 4.78 is 7.08. The molecule has 108 valence electrons. The molecule has 3 rings (SSSR count). The van der Waals surface area contributed by atoms with Crippen molar-refractivity contribution in [2.24, 2.45) is 7.05 Å². The number of benzene rings is 1. The van der Waals surface area contributed by atoms with Crippen molar-refractivity contribution in [2.75, 3.05) is 5.32 Å². The van der Waals surface area contributed by atoms with Crippen molar-refractivity contribution < 1.29 is 4.42 Å². The van der Waals surface area contributed by atoms with Crippen LogP contribution in [0.2, 0.25) is 0 Å². The van der Waals surface area contributed by atoms with Crippen LogP contribution in [-0.2, 0) is 13.6 Å². The molecule has 0 aliphatic rings. The molecular weight excluding hydrogens is 266 g/mol. The summed E-state index contributed by atoms with van der Waals surface area (Å²) in [5.41, 5.74) is 5.43. The number of hydrogen-bond acceptors (Lipinski definition) is 5. The molecule has 0 saturated heterocycles. The van der Waals surface area contributed by atoms with Crippen molar-refractivity contribution in [3.8, 4) is 11.5 Å². The van der Waals surface area contributed by atoms with Crippen LogP contribution in [0, 0.1) is 13.8 Å². The van der Waals surface area contributed by atoms with E-state index in [4.69, 9.17) is 4.42 Å². The molecule has 1 N–H and O–H groups in total. The quantitative estimate of drug-likeness (QED) is 0.797. The van der Waals surface area contributed by atoms with Crippen LogP contribution in [0.3, 0.4) is 0 Å². The number of rotatable bonds is 4. The highest BCUT2D eigenvalue weighted by molar-refractivity contribution is 5.58. The summed E-state index contributed by atoms with van der Waals surface area (Å²) in [5.74, 6) is 0.528. The van der Waals surface area contributed by atoms with Crippen molar-refractivity contribution in [1.29, 1.82) is 0 Å². The van der Waals surface area contributed by atoms with Crippen LogP contribution >= 0.6 is 0 Å². The largest absolute Gasteiger partial charge is 0.423 e. The second-order valence-electron chi connectivity index (χ2n) is 4.95. The molecule has 0 radical (unpaired) electrons. The minimum atomic E-state index is 0.528. The second kappa shape index (κ2) is 5.40. The van der Waals surface area contributed by atoms with Gasteiger partial charge in [-0.2, -0.15) is 5.10 Å². The first-order valence-corrected chi connectivity index (χ1v) is 6.74. The fourth-order valence-corrected chi connectivity index (χ4v) is 2.29. The highest BCUT2D eigenvalue weighted by atomic mass is 16.4. The summed E-state index contributed by atoms with van der Waals surface area (Å²) in [6, 6.07) is 7.92. The van der Waals surface area contributed by atoms with E-state index in [9.17, 15) is 0 Å². The molecule has 0 unspecified atom stereocenters. The van der Waals surface area contributed by atoms with Gasteiger partial charge in [-0.3, -0.25) is 4.68 Å². The highest BCUT2D eigenvalue weighted by Crippen LogP contribution is 2.20. The molecular formula is C15H17N5O. The Bertz CT molecular complexity index is 728. The van der Waals surface area contributed by atoms with E-state index in [2.05, 4.69) is 27.5 Å². The maximum Gasteiger partial charge on any atom is 0.247 e. The van der Waals surface area contributed by atoms with E-state index in [0.717, 1.165) is 23.5 Å². The van der Waals surface area contributed by atoms with Crippen LogP contribution in [0.25, 0.3) is 11.5 Å². The lowest BCUT2D eigenvalue weighted by molar-refractivity contribution is 0.568. The van der Waals surface area contributed by atoms with Gasteiger partial charge in [-0.1, -0.05) is 0 Å². The molecule has 0 aliphatic heterocycles. The van der Waals surface area contributed by atoms with Gasteiger partial charge >= 0.3 is 0 Å². The van der Waals surface area contributed by atoms with E-state index in [1.807, 2.05) is 42.9 Å². The van der Waals surface area contributed by atoms with Gasteiger partial charge in [-0.05, 0) is 38.1 Å². The van der Waals surface area contributed by atoms with Crippen LogP contribution in [0.1, 0.15) is 17.0 Å². The predicted octanol–water partition coefficient (Wildman–Crippen LogP) is 2.70. The molecule has 1 aromatic carbocycles. The summed E-state index contributed by atoms with van der Waals surface area (Å²) >= 11 is 0. The smallest absolute Gasteiger partial charge is 0.247 e. The fourth-order valence-electron chi connectivity index (χ4n) is 2.29. The summed E-state index contributed by atoms with van der Waals surface area (Å²) in [4.78, 5) is 0. The monoisotopic (exact) mass is 283 g/mol. The van der Waals surface area contributed by atoms with Crippen molar-refractivity contribution in [2.45, 2.75) is 20.4 Å². The Morgan fingerprint density at radius 1 is 1.19 bits per heavy atom. The number of hydrogen-bond donors (Lipinski definition) is 1. The lowest BCUT2D eigenvalue weighted by Gasteiger charge is -2.07. The second-order valence-corrected chi connectivity index (χ2v) is 4.95. The molecule has 2 aromatic heterocycles. The number of nitrogens with zero attached hydrogens (tertiary/aromatic N) is 4. The van der Waals surface area contributed by atoms with Crippen LogP contribution < -0.4 is 5.32 Å². The fraction of sp³-hybridized carbons (Fsp3) is 0.267. The SMILES string of the molecule is Cc1nn(C)c(C)c1CNc1ccc(-c2nnco2)cc1. The molecule has 0 atom stereocenters. The van der Waals surface area contributed by atoms with Gasteiger partial charge in [0.05, 0.1) is 5.69 Å². The van der Waals surface area contributed by atoms with Crippen LogP contribution in [0.15, 0.2) is 35.1 Å². The topological polar surface area (TPSA) is 68.8 Å². The molecule has 6 heteroatoms. The Morgan fingerprint density at radius 2 is 1.95 bits per heavy atom. The maximum absolute atomic E-state index is 5.17. The lowest BCUT2D eigenvalue weighted by atomic mass is 10.1. The summed E-state index contributed by atoms with van der Waals surface area (Å²) in [6.45, 7) is 4.86. The summed E-state index contributed by atoms with van der Waals surface area (Å²) in [7, 11) is 1.96. The van der Waals surface area contributed by atoms with E-state index < -0.39 is 0 Å². The molecule has 2 heterocycles. The number of anilines is 1. The van der Waals surface area contributed by atoms with Gasteiger partial charge in [0, 0.05) is 36.1 Å². The van der Waals surface area contributed by atoms with Crippen LogP contribution in [0.5, 0.6) is 0 Å². The third-order valence-electron chi connectivity index (χ3n) is 3.62. The van der Waals surface area contributed by atoms with E-state index in [0.29, 0.717) is 5.89 Å². The molecule has 0 amide bonds. The standard InChI is InChI=1S/C15H17N5O/c1-10-14(11(2)20(3)19-10)8-16-13-6-4-12(5-7-13)15-18-17-9-21-15/h4-7,9,16H,8H2,1-3H3. The molecule has 0 saturated carbocycles. The third-order valence-corrected chi connectivity index (χ3v) is 3.62. The zero-order chi connectivity index (χ0) is 14.8. The van der Waals surface area contributed by atoms with E-state index in [1.165, 1.54) is 17.7 Å². The number of aryl methyl sites for hydroxylation is 2. The number of nitrogens with one attached hydrogen (secondary N) is 1. The first-order chi connectivity index (χ1) is 10.1. The highest BCUT2D eigenvalue weighted by Gasteiger charge is 2.09. The van der Waals surface area contributed by atoms with Gasteiger partial charge in [0.2, 0.25) is 12.3 Å². The van der Waals surface area contributed by atoms with Crippen molar-refractivity contribution in [3.05, 3.63) is 47.6 Å². The first-order valence-electron chi connectivity index (χ1n) is 6.74. The molecule has 0 spiro atoms. The molecule has 0 aliphatic carbocycles. The van der Waals surface area contributed by atoms with Gasteiger partial charge < -0.3 is 9.73 Å². The molecule has 3 aromatic rings. The van der Waals surface area contributed by atoms with E-state index >= 15 is 0 Å². The molecule has 0 fully saturated rings. The zero-order valence-corrected chi connectivity index (χ0v) is 12.3. The average molecular weight is 283 g/mol. The molecule has 21 heavy (non-hydrogen) atoms. The third kappa shape index (κ3) is 2.65. The van der Waals surface area contributed by atoms with Gasteiger partial charge in [-0.25, -0.2) is 0 Å². The van der Waals surface area contributed by atoms with Gasteiger partial charge in [0.25, 0.3) is 0 Å². The van der Waals surface area contributed by atoms with Crippen LogP contribution in [-0.4, -0.2) is 20.0 Å². The van der Waals surface area contributed by atoms with E-state index in [1.54, 1.807) is 0 Å². The average Bonchev–Trinajstić information content (AvgIpc) is 3.09. The maximum atomic E-state index is 5.17. The predicted molar refractivity (Wildman–Crippen MR) is 79.7 cm³/mol. The van der Waals surface area contributed by atoms with E-state index in [-0.39, 0.29) is 0 Å². The number of aromatic nitrogens is 4. The zero-order valence-electron chi connectivity index (χ0n) is 12.3. The normalized spacial score (nSPS) is 10.8. The molecule has 6 nitrogen and oxygen atoms in total. The lowest BCUT2D eigenvalue weighted by Crippen LogP contribution is -2.02. The van der Waals surface area contributed by atoms with Crippen LogP contribution in [0.4, 0.5) is 5.69 Å². The summed E-state index contributed by atoms with van der Waals surface area (Å²) in [6.07, 6.45) is 1.33. The Labute approximate surface area is 122 Å². The Morgan fingerprint density at radius 3 is 2.52 bits per heavy atom. The van der Waals surface area contributed by atoms with Crippen molar-refractivity contribution in [1.82, 2.24) is 20.0 Å². The summed E-state index contributed by atoms with van der Waals surface area (Å²) in [5, 5.41) is 15.4. The minimum absolute atomic E-state index is 0.528. The Hall–Kier alpha value is -2.63. The first kappa shape index (κ1) is 13.4. The Balaban J connectivity index is 1.71. The van der Waals surface area contributed by atoms with Gasteiger partial charge in [0.1, 0.15) is 0 Å². The molecule has 0 bridgehead atoms.